The summed E-state index contributed by atoms with van der Waals surface area (Å²) < 4.78 is 20.3. The number of hydrogen-bond donors (Lipinski definition) is 1. The first kappa shape index (κ1) is 17.0. The molecule has 0 saturated carbocycles. The fourth-order valence-corrected chi connectivity index (χ4v) is 2.36. The lowest BCUT2D eigenvalue weighted by molar-refractivity contribution is 0.102. The van der Waals surface area contributed by atoms with E-state index in [2.05, 4.69) is 10.4 Å². The van der Waals surface area contributed by atoms with Gasteiger partial charge in [0.15, 0.2) is 24.0 Å². The molecule has 1 amide bonds. The van der Waals surface area contributed by atoms with Crippen LogP contribution in [0.4, 0.5) is 10.1 Å². The van der Waals surface area contributed by atoms with Gasteiger partial charge in [0.25, 0.3) is 5.91 Å². The molecule has 25 heavy (non-hydrogen) atoms. The summed E-state index contributed by atoms with van der Waals surface area (Å²) in [6.07, 6.45) is 1.58. The first-order valence-electron chi connectivity index (χ1n) is 7.52. The van der Waals surface area contributed by atoms with E-state index in [1.54, 1.807) is 42.6 Å². The molecule has 0 atom stereocenters. The van der Waals surface area contributed by atoms with E-state index in [0.717, 1.165) is 5.56 Å². The fourth-order valence-electron chi connectivity index (χ4n) is 2.18. The highest BCUT2D eigenvalue weighted by Gasteiger charge is 2.12. The van der Waals surface area contributed by atoms with Gasteiger partial charge in [-0.1, -0.05) is 29.8 Å². The molecule has 128 valence electrons. The van der Waals surface area contributed by atoms with E-state index < -0.39 is 5.82 Å². The zero-order chi connectivity index (χ0) is 17.8. The topological polar surface area (TPSA) is 56.2 Å². The molecule has 1 aromatic heterocycles. The number of carbonyl (C=O) groups excluding carboxylic acids is 1. The zero-order valence-electron chi connectivity index (χ0n) is 13.4. The molecule has 1 heterocycles. The first-order chi connectivity index (χ1) is 12.0. The number of para-hydroxylation sites is 1. The van der Waals surface area contributed by atoms with E-state index in [9.17, 15) is 9.18 Å². The standard InChI is InChI=1S/C18H15ClFN3O2/c1-12-13(19)5-4-7-15(12)21-18(24)16-9-10-23(22-16)11-25-17-8-3-2-6-14(17)20/h2-10H,11H2,1H3,(H,21,24). The van der Waals surface area contributed by atoms with Gasteiger partial charge in [-0.2, -0.15) is 5.10 Å². The van der Waals surface area contributed by atoms with Gasteiger partial charge in [-0.3, -0.25) is 4.79 Å². The van der Waals surface area contributed by atoms with Crippen LogP contribution in [0.5, 0.6) is 5.75 Å². The minimum Gasteiger partial charge on any atom is -0.468 e. The van der Waals surface area contributed by atoms with Gasteiger partial charge < -0.3 is 10.1 Å². The molecule has 2 aromatic carbocycles. The zero-order valence-corrected chi connectivity index (χ0v) is 14.1. The van der Waals surface area contributed by atoms with Gasteiger partial charge in [0.2, 0.25) is 0 Å². The van der Waals surface area contributed by atoms with E-state index >= 15 is 0 Å². The van der Waals surface area contributed by atoms with Crippen molar-refractivity contribution in [1.29, 1.82) is 0 Å². The Morgan fingerprint density at radius 3 is 2.84 bits per heavy atom. The van der Waals surface area contributed by atoms with E-state index in [-0.39, 0.29) is 24.1 Å². The summed E-state index contributed by atoms with van der Waals surface area (Å²) in [5.74, 6) is -0.697. The summed E-state index contributed by atoms with van der Waals surface area (Å²) in [4.78, 5) is 12.3. The predicted octanol–water partition coefficient (Wildman–Crippen LogP) is 4.27. The average Bonchev–Trinajstić information content (AvgIpc) is 3.07. The van der Waals surface area contributed by atoms with Gasteiger partial charge in [-0.15, -0.1) is 0 Å². The lowest BCUT2D eigenvalue weighted by Gasteiger charge is -2.08. The third-order valence-electron chi connectivity index (χ3n) is 3.58. The van der Waals surface area contributed by atoms with Crippen molar-refractivity contribution < 1.29 is 13.9 Å². The number of nitrogens with zero attached hydrogens (tertiary/aromatic N) is 2. The van der Waals surface area contributed by atoms with Crippen molar-refractivity contribution in [3.8, 4) is 5.75 Å². The molecule has 5 nitrogen and oxygen atoms in total. The van der Waals surface area contributed by atoms with E-state index in [4.69, 9.17) is 16.3 Å². The quantitative estimate of drug-likeness (QED) is 0.740. The maximum absolute atomic E-state index is 13.5. The summed E-state index contributed by atoms with van der Waals surface area (Å²) >= 11 is 6.04. The van der Waals surface area contributed by atoms with Gasteiger partial charge in [-0.05, 0) is 42.8 Å². The van der Waals surface area contributed by atoms with Crippen molar-refractivity contribution in [2.45, 2.75) is 13.7 Å². The third-order valence-corrected chi connectivity index (χ3v) is 3.99. The largest absolute Gasteiger partial charge is 0.468 e. The number of rotatable bonds is 5. The number of nitrogens with one attached hydrogen (secondary N) is 1. The molecule has 0 spiro atoms. The van der Waals surface area contributed by atoms with E-state index in [1.165, 1.54) is 16.8 Å². The summed E-state index contributed by atoms with van der Waals surface area (Å²) in [7, 11) is 0. The van der Waals surface area contributed by atoms with Gasteiger partial charge in [0.1, 0.15) is 0 Å². The monoisotopic (exact) mass is 359 g/mol. The molecule has 0 aliphatic heterocycles. The molecule has 0 fully saturated rings. The number of ether oxygens (including phenoxy) is 1. The number of hydrogen-bond acceptors (Lipinski definition) is 3. The lowest BCUT2D eigenvalue weighted by Crippen LogP contribution is -2.15. The van der Waals surface area contributed by atoms with Crippen LogP contribution in [0.2, 0.25) is 5.02 Å². The second kappa shape index (κ2) is 7.36. The normalized spacial score (nSPS) is 10.5. The Morgan fingerprint density at radius 1 is 1.24 bits per heavy atom. The Morgan fingerprint density at radius 2 is 2.04 bits per heavy atom. The minimum absolute atomic E-state index is 0.00952. The number of anilines is 1. The first-order valence-corrected chi connectivity index (χ1v) is 7.89. The molecule has 1 N–H and O–H groups in total. The Hall–Kier alpha value is -2.86. The van der Waals surface area contributed by atoms with E-state index in [1.807, 2.05) is 6.92 Å². The van der Waals surface area contributed by atoms with Crippen LogP contribution in [0.15, 0.2) is 54.7 Å². The van der Waals surface area contributed by atoms with Crippen molar-refractivity contribution in [3.63, 3.8) is 0 Å². The number of benzene rings is 2. The maximum Gasteiger partial charge on any atom is 0.276 e. The Bertz CT molecular complexity index is 911. The summed E-state index contributed by atoms with van der Waals surface area (Å²) in [6, 6.07) is 12.9. The maximum atomic E-state index is 13.5. The summed E-state index contributed by atoms with van der Waals surface area (Å²) in [6.45, 7) is 1.81. The Labute approximate surface area is 149 Å². The van der Waals surface area contributed by atoms with Crippen molar-refractivity contribution in [1.82, 2.24) is 9.78 Å². The van der Waals surface area contributed by atoms with Crippen molar-refractivity contribution in [3.05, 3.63) is 76.8 Å². The number of amides is 1. The molecule has 7 heteroatoms. The molecule has 0 saturated heterocycles. The number of carbonyl (C=O) groups is 1. The number of halogens is 2. The molecule has 0 bridgehead atoms. The molecular formula is C18H15ClFN3O2. The van der Waals surface area contributed by atoms with Crippen LogP contribution >= 0.6 is 11.6 Å². The summed E-state index contributed by atoms with van der Waals surface area (Å²) in [5, 5.41) is 7.46. The second-order valence-corrected chi connectivity index (χ2v) is 5.72. The SMILES string of the molecule is Cc1c(Cl)cccc1NC(=O)c1ccn(COc2ccccc2F)n1. The highest BCUT2D eigenvalue weighted by molar-refractivity contribution is 6.31. The molecule has 3 rings (SSSR count). The van der Waals surface area contributed by atoms with Crippen LogP contribution in [0.25, 0.3) is 0 Å². The summed E-state index contributed by atoms with van der Waals surface area (Å²) in [5.41, 5.74) is 1.62. The van der Waals surface area contributed by atoms with Crippen molar-refractivity contribution in [2.24, 2.45) is 0 Å². The molecular weight excluding hydrogens is 345 g/mol. The Balaban J connectivity index is 1.65. The van der Waals surface area contributed by atoms with Crippen LogP contribution in [-0.4, -0.2) is 15.7 Å². The average molecular weight is 360 g/mol. The van der Waals surface area contributed by atoms with Gasteiger partial charge in [0.05, 0.1) is 0 Å². The third kappa shape index (κ3) is 3.97. The van der Waals surface area contributed by atoms with Crippen LogP contribution in [-0.2, 0) is 6.73 Å². The Kier molecular flexibility index (Phi) is 5.00. The molecule has 0 unspecified atom stereocenters. The highest BCUT2D eigenvalue weighted by Crippen LogP contribution is 2.23. The van der Waals surface area contributed by atoms with Crippen molar-refractivity contribution >= 4 is 23.2 Å². The molecule has 0 radical (unpaired) electrons. The van der Waals surface area contributed by atoms with Crippen molar-refractivity contribution in [2.75, 3.05) is 5.32 Å². The molecule has 0 aliphatic carbocycles. The van der Waals surface area contributed by atoms with Crippen LogP contribution < -0.4 is 10.1 Å². The van der Waals surface area contributed by atoms with Crippen LogP contribution in [0.3, 0.4) is 0 Å². The van der Waals surface area contributed by atoms with E-state index in [0.29, 0.717) is 10.7 Å². The fraction of sp³-hybridized carbons (Fsp3) is 0.111. The van der Waals surface area contributed by atoms with Gasteiger partial charge >= 0.3 is 0 Å². The smallest absolute Gasteiger partial charge is 0.276 e. The second-order valence-electron chi connectivity index (χ2n) is 5.31. The molecule has 3 aromatic rings. The van der Waals surface area contributed by atoms with Gasteiger partial charge in [-0.25, -0.2) is 9.07 Å². The van der Waals surface area contributed by atoms with Crippen LogP contribution in [0.1, 0.15) is 16.1 Å². The van der Waals surface area contributed by atoms with Crippen LogP contribution in [0, 0.1) is 12.7 Å². The highest BCUT2D eigenvalue weighted by atomic mass is 35.5. The molecule has 0 aliphatic rings. The minimum atomic E-state index is -0.455. The predicted molar refractivity (Wildman–Crippen MR) is 93.4 cm³/mol. The lowest BCUT2D eigenvalue weighted by atomic mass is 10.2. The van der Waals surface area contributed by atoms with Gasteiger partial charge in [0, 0.05) is 16.9 Å². The number of aromatic nitrogens is 2.